The summed E-state index contributed by atoms with van der Waals surface area (Å²) >= 11 is 0. The van der Waals surface area contributed by atoms with Gasteiger partial charge >= 0.3 is 19.8 Å². The van der Waals surface area contributed by atoms with Crippen molar-refractivity contribution in [2.24, 2.45) is 5.92 Å². The zero-order valence-electron chi connectivity index (χ0n) is 24.7. The average Bonchev–Trinajstić information content (AvgIpc) is 3.67. The van der Waals surface area contributed by atoms with Gasteiger partial charge in [0.05, 0.1) is 24.3 Å². The third-order valence-corrected chi connectivity index (χ3v) is 9.60. The van der Waals surface area contributed by atoms with Gasteiger partial charge in [-0.3, -0.25) is 19.4 Å². The van der Waals surface area contributed by atoms with Crippen molar-refractivity contribution in [3.8, 4) is 0 Å². The monoisotopic (exact) mass is 649 g/mol. The van der Waals surface area contributed by atoms with Crippen LogP contribution in [0.15, 0.2) is 79.4 Å². The number of rotatable bonds is 14. The van der Waals surface area contributed by atoms with E-state index < -0.39 is 46.6 Å². The van der Waals surface area contributed by atoms with E-state index in [1.54, 1.807) is 0 Å². The van der Waals surface area contributed by atoms with E-state index in [4.69, 9.17) is 23.0 Å². The topological polar surface area (TPSA) is 167 Å². The Hall–Kier alpha value is -4.07. The number of piperidine rings is 1. The lowest BCUT2D eigenvalue weighted by atomic mass is 9.93. The third kappa shape index (κ3) is 6.86. The van der Waals surface area contributed by atoms with Gasteiger partial charge in [0.15, 0.2) is 0 Å². The van der Waals surface area contributed by atoms with Crippen molar-refractivity contribution in [3.63, 3.8) is 0 Å². The van der Waals surface area contributed by atoms with Crippen LogP contribution in [0.4, 0.5) is 0 Å². The van der Waals surface area contributed by atoms with Crippen LogP contribution in [0.25, 0.3) is 10.8 Å². The molecule has 0 radical (unpaired) electrons. The Balaban J connectivity index is 1.09. The molecule has 240 valence electrons. The molecule has 1 saturated carbocycles. The van der Waals surface area contributed by atoms with Crippen molar-refractivity contribution >= 4 is 30.5 Å². The molecule has 14 heteroatoms. The van der Waals surface area contributed by atoms with Gasteiger partial charge in [-0.2, -0.15) is 0 Å². The second-order valence-electron chi connectivity index (χ2n) is 11.1. The molecule has 0 amide bonds. The molecular formula is C32H32N3O10P. The number of phosphoric acid groups is 1. The molecule has 1 aliphatic carbocycles. The van der Waals surface area contributed by atoms with Gasteiger partial charge in [-0.05, 0) is 40.8 Å². The van der Waals surface area contributed by atoms with Gasteiger partial charge in [0.2, 0.25) is 13.6 Å². The first-order valence-corrected chi connectivity index (χ1v) is 16.0. The zero-order valence-corrected chi connectivity index (χ0v) is 25.6. The SMILES string of the molecule is O=C(OCOP(=O)(OCOC(=O)c1ccncc1CO)OCN1C[C@H]2C[C@@]2(c2ccc3ccccc3c2)C1)c1ccncc1CO. The number of hydrogen-bond acceptors (Lipinski definition) is 13. The largest absolute Gasteiger partial charge is 0.481 e. The normalized spacial score (nSPS) is 19.1. The maximum Gasteiger partial charge on any atom is 0.481 e. The number of esters is 2. The number of carbonyl (C=O) groups excluding carboxylic acids is 2. The summed E-state index contributed by atoms with van der Waals surface area (Å²) in [4.78, 5) is 34.9. The predicted molar refractivity (Wildman–Crippen MR) is 162 cm³/mol. The third-order valence-electron chi connectivity index (χ3n) is 8.33. The summed E-state index contributed by atoms with van der Waals surface area (Å²) in [7, 11) is -4.46. The summed E-state index contributed by atoms with van der Waals surface area (Å²) in [5.41, 5.74) is 1.79. The highest BCUT2D eigenvalue weighted by atomic mass is 31.2. The lowest BCUT2D eigenvalue weighted by Gasteiger charge is -2.24. The van der Waals surface area contributed by atoms with Crippen molar-refractivity contribution in [2.75, 3.05) is 33.4 Å². The van der Waals surface area contributed by atoms with E-state index in [9.17, 15) is 24.4 Å². The van der Waals surface area contributed by atoms with E-state index in [0.29, 0.717) is 19.0 Å². The standard InChI is InChI=1S/C32H32N3O10P/c36-16-24-13-33-9-7-28(24)30(38)41-20-44-46(40,45-21-42-31(39)29-8-10-34-14-25(29)17-37)43-19-35-15-27-12-32(27,18-35)26-6-5-22-3-1-2-4-23(22)11-26/h1-11,13-14,27,36-37H,12,15-21H2/t27-,32+/m1/s1. The fourth-order valence-corrected chi connectivity index (χ4v) is 6.74. The summed E-state index contributed by atoms with van der Waals surface area (Å²) in [6.45, 7) is -1.28. The van der Waals surface area contributed by atoms with E-state index in [1.165, 1.54) is 53.3 Å². The van der Waals surface area contributed by atoms with E-state index >= 15 is 0 Å². The fourth-order valence-electron chi connectivity index (χ4n) is 5.84. The Morgan fingerprint density at radius 2 is 1.46 bits per heavy atom. The second-order valence-corrected chi connectivity index (χ2v) is 12.7. The minimum absolute atomic E-state index is 0.0337. The predicted octanol–water partition coefficient (Wildman–Crippen LogP) is 3.93. The number of benzene rings is 2. The Kier molecular flexibility index (Phi) is 9.52. The summed E-state index contributed by atoms with van der Waals surface area (Å²) in [6.07, 6.45) is 6.39. The molecule has 2 aromatic carbocycles. The molecule has 2 aliphatic rings. The zero-order chi connectivity index (χ0) is 32.1. The number of aromatic nitrogens is 2. The van der Waals surface area contributed by atoms with Gasteiger partial charge in [-0.1, -0.05) is 42.5 Å². The van der Waals surface area contributed by atoms with Crippen LogP contribution in [0.2, 0.25) is 0 Å². The van der Waals surface area contributed by atoms with E-state index in [0.717, 1.165) is 6.42 Å². The fraction of sp³-hybridized carbons (Fsp3) is 0.312. The molecule has 1 aliphatic heterocycles. The number of aliphatic hydroxyl groups excluding tert-OH is 2. The van der Waals surface area contributed by atoms with Gasteiger partial charge < -0.3 is 19.7 Å². The van der Waals surface area contributed by atoms with E-state index in [2.05, 4.69) is 40.3 Å². The van der Waals surface area contributed by atoms with Gasteiger partial charge in [0.1, 0.15) is 6.73 Å². The Morgan fingerprint density at radius 3 is 2.07 bits per heavy atom. The molecule has 2 aromatic heterocycles. The number of aliphatic hydroxyl groups is 2. The van der Waals surface area contributed by atoms with Crippen LogP contribution < -0.4 is 0 Å². The lowest BCUT2D eigenvalue weighted by Crippen LogP contribution is -2.29. The molecule has 2 fully saturated rings. The number of pyridine rings is 2. The van der Waals surface area contributed by atoms with E-state index in [1.807, 2.05) is 17.0 Å². The first kappa shape index (κ1) is 31.9. The average molecular weight is 650 g/mol. The molecule has 13 nitrogen and oxygen atoms in total. The summed E-state index contributed by atoms with van der Waals surface area (Å²) in [5, 5.41) is 21.3. The van der Waals surface area contributed by atoms with Crippen molar-refractivity contribution in [1.82, 2.24) is 14.9 Å². The highest BCUT2D eigenvalue weighted by molar-refractivity contribution is 7.48. The van der Waals surface area contributed by atoms with Gasteiger partial charge in [-0.15, -0.1) is 0 Å². The summed E-state index contributed by atoms with van der Waals surface area (Å²) in [6, 6.07) is 17.4. The second kappa shape index (κ2) is 13.7. The quantitative estimate of drug-likeness (QED) is 0.115. The number of nitrogens with zero attached hydrogens (tertiary/aromatic N) is 3. The molecule has 6 rings (SSSR count). The van der Waals surface area contributed by atoms with Crippen LogP contribution >= 0.6 is 7.82 Å². The maximum atomic E-state index is 13.7. The number of ether oxygens (including phenoxy) is 2. The summed E-state index contributed by atoms with van der Waals surface area (Å²) in [5.74, 6) is -1.30. The minimum atomic E-state index is -4.46. The molecular weight excluding hydrogens is 617 g/mol. The first-order chi connectivity index (χ1) is 22.3. The van der Waals surface area contributed by atoms with Crippen molar-refractivity contribution in [1.29, 1.82) is 0 Å². The molecule has 2 N–H and O–H groups in total. The first-order valence-electron chi connectivity index (χ1n) is 14.5. The van der Waals surface area contributed by atoms with Crippen LogP contribution in [-0.2, 0) is 46.2 Å². The number of likely N-dealkylation sites (tertiary alicyclic amines) is 1. The smallest absolute Gasteiger partial charge is 0.434 e. The van der Waals surface area contributed by atoms with Crippen molar-refractivity contribution < 1.29 is 47.4 Å². The molecule has 0 unspecified atom stereocenters. The molecule has 3 heterocycles. The highest BCUT2D eigenvalue weighted by Gasteiger charge is 2.60. The molecule has 0 bridgehead atoms. The maximum absolute atomic E-state index is 13.7. The number of carbonyl (C=O) groups is 2. The Labute approximate surface area is 264 Å². The van der Waals surface area contributed by atoms with Crippen LogP contribution in [0.1, 0.15) is 43.8 Å². The number of hydrogen-bond donors (Lipinski definition) is 2. The summed E-state index contributed by atoms with van der Waals surface area (Å²) < 4.78 is 40.1. The van der Waals surface area contributed by atoms with Gasteiger partial charge in [0.25, 0.3) is 0 Å². The molecule has 0 spiro atoms. The van der Waals surface area contributed by atoms with Crippen molar-refractivity contribution in [2.45, 2.75) is 25.0 Å². The van der Waals surface area contributed by atoms with Crippen LogP contribution in [0.3, 0.4) is 0 Å². The number of phosphoric ester groups is 1. The van der Waals surface area contributed by atoms with Crippen LogP contribution in [0, 0.1) is 5.92 Å². The lowest BCUT2D eigenvalue weighted by molar-refractivity contribution is -0.0331. The van der Waals surface area contributed by atoms with Crippen LogP contribution in [-0.4, -0.2) is 70.4 Å². The number of fused-ring (bicyclic) bond motifs is 2. The van der Waals surface area contributed by atoms with Crippen LogP contribution in [0.5, 0.6) is 0 Å². The van der Waals surface area contributed by atoms with E-state index in [-0.39, 0.29) is 34.4 Å². The molecule has 46 heavy (non-hydrogen) atoms. The molecule has 1 saturated heterocycles. The highest BCUT2D eigenvalue weighted by Crippen LogP contribution is 2.60. The minimum Gasteiger partial charge on any atom is -0.434 e. The van der Waals surface area contributed by atoms with Gasteiger partial charge in [-0.25, -0.2) is 23.2 Å². The Morgan fingerprint density at radius 1 is 0.848 bits per heavy atom. The van der Waals surface area contributed by atoms with Gasteiger partial charge in [0, 0.05) is 54.4 Å². The Bertz CT molecular complexity index is 1720. The van der Waals surface area contributed by atoms with Crippen molar-refractivity contribution in [3.05, 3.63) is 107 Å². The molecule has 4 aromatic rings. The molecule has 2 atom stereocenters.